The second-order valence-electron chi connectivity index (χ2n) is 11.0. The number of nitrogens with one attached hydrogen (secondary N) is 1. The molecule has 7 nitrogen and oxygen atoms in total. The zero-order valence-corrected chi connectivity index (χ0v) is 24.8. The van der Waals surface area contributed by atoms with Crippen LogP contribution in [0.4, 0.5) is 10.1 Å². The van der Waals surface area contributed by atoms with Gasteiger partial charge in [0.25, 0.3) is 10.0 Å². The van der Waals surface area contributed by atoms with Crippen LogP contribution in [-0.4, -0.2) is 43.3 Å². The van der Waals surface area contributed by atoms with E-state index in [0.717, 1.165) is 27.1 Å². The molecular formula is C31H38FN3O4S. The first-order valence-electron chi connectivity index (χ1n) is 13.2. The van der Waals surface area contributed by atoms with Gasteiger partial charge in [-0.3, -0.25) is 13.9 Å². The van der Waals surface area contributed by atoms with Crippen LogP contribution in [0.1, 0.15) is 50.8 Å². The summed E-state index contributed by atoms with van der Waals surface area (Å²) in [6.45, 7) is 10.5. The minimum absolute atomic E-state index is 0.0723. The van der Waals surface area contributed by atoms with Crippen molar-refractivity contribution in [3.05, 3.63) is 95.3 Å². The normalized spacial score (nSPS) is 12.5. The summed E-state index contributed by atoms with van der Waals surface area (Å²) in [4.78, 5) is 28.7. The molecule has 0 heterocycles. The van der Waals surface area contributed by atoms with Crippen molar-refractivity contribution in [3.8, 4) is 0 Å². The molecule has 214 valence electrons. The number of para-hydroxylation sites is 1. The standard InChI is InChI=1S/C31H38FN3O4S/c1-7-27(30(37)33-31(4,5)6)34(20-24-12-10-11-23(3)19-24)29(36)21-35(28-14-9-8-13-26(28)32)40(38,39)25-17-15-22(2)16-18-25/h8-19,27H,7,20-21H2,1-6H3,(H,33,37)/t27-/m0/s1. The Hall–Kier alpha value is -3.72. The van der Waals surface area contributed by atoms with Gasteiger partial charge in [0.2, 0.25) is 11.8 Å². The van der Waals surface area contributed by atoms with Crippen molar-refractivity contribution in [2.45, 2.75) is 71.0 Å². The number of hydrogen-bond acceptors (Lipinski definition) is 4. The number of rotatable bonds is 10. The second-order valence-corrected chi connectivity index (χ2v) is 12.8. The fourth-order valence-corrected chi connectivity index (χ4v) is 5.81. The Morgan fingerprint density at radius 2 is 1.57 bits per heavy atom. The number of hydrogen-bond donors (Lipinski definition) is 1. The first-order valence-corrected chi connectivity index (χ1v) is 14.7. The quantitative estimate of drug-likeness (QED) is 0.357. The highest BCUT2D eigenvalue weighted by Gasteiger charge is 2.35. The van der Waals surface area contributed by atoms with Crippen LogP contribution in [0.2, 0.25) is 0 Å². The maximum absolute atomic E-state index is 15.0. The Balaban J connectivity index is 2.09. The molecule has 0 aliphatic carbocycles. The van der Waals surface area contributed by atoms with E-state index in [1.807, 2.05) is 58.9 Å². The van der Waals surface area contributed by atoms with Gasteiger partial charge < -0.3 is 10.2 Å². The lowest BCUT2D eigenvalue weighted by molar-refractivity contribution is -0.141. The van der Waals surface area contributed by atoms with E-state index >= 15 is 4.39 Å². The van der Waals surface area contributed by atoms with Crippen molar-refractivity contribution in [1.82, 2.24) is 10.2 Å². The number of halogens is 1. The number of amides is 2. The number of carbonyl (C=O) groups excluding carboxylic acids is 2. The molecule has 2 amide bonds. The van der Waals surface area contributed by atoms with Crippen molar-refractivity contribution in [3.63, 3.8) is 0 Å². The Morgan fingerprint density at radius 1 is 0.925 bits per heavy atom. The zero-order chi connectivity index (χ0) is 29.7. The number of nitrogens with zero attached hydrogens (tertiary/aromatic N) is 2. The molecule has 9 heteroatoms. The van der Waals surface area contributed by atoms with Gasteiger partial charge in [0.1, 0.15) is 18.4 Å². The van der Waals surface area contributed by atoms with E-state index in [9.17, 15) is 18.0 Å². The van der Waals surface area contributed by atoms with Crippen LogP contribution in [0, 0.1) is 19.7 Å². The van der Waals surface area contributed by atoms with Gasteiger partial charge >= 0.3 is 0 Å². The number of carbonyl (C=O) groups is 2. The van der Waals surface area contributed by atoms with Gasteiger partial charge in [0, 0.05) is 12.1 Å². The van der Waals surface area contributed by atoms with E-state index in [1.165, 1.54) is 35.2 Å². The Morgan fingerprint density at radius 3 is 2.15 bits per heavy atom. The molecule has 0 aromatic heterocycles. The molecule has 0 spiro atoms. The SMILES string of the molecule is CC[C@@H](C(=O)NC(C)(C)C)N(Cc1cccc(C)c1)C(=O)CN(c1ccccc1F)S(=O)(=O)c1ccc(C)cc1. The van der Waals surface area contributed by atoms with Crippen LogP contribution in [0.5, 0.6) is 0 Å². The lowest BCUT2D eigenvalue weighted by Gasteiger charge is -2.35. The number of benzene rings is 3. The Labute approximate surface area is 237 Å². The molecule has 40 heavy (non-hydrogen) atoms. The number of aryl methyl sites for hydroxylation is 2. The smallest absolute Gasteiger partial charge is 0.264 e. The highest BCUT2D eigenvalue weighted by molar-refractivity contribution is 7.92. The number of anilines is 1. The van der Waals surface area contributed by atoms with Crippen molar-refractivity contribution < 1.29 is 22.4 Å². The Kier molecular flexibility index (Phi) is 9.73. The summed E-state index contributed by atoms with van der Waals surface area (Å²) in [5, 5.41) is 2.93. The molecular weight excluding hydrogens is 529 g/mol. The van der Waals surface area contributed by atoms with Crippen molar-refractivity contribution >= 4 is 27.5 Å². The minimum Gasteiger partial charge on any atom is -0.350 e. The van der Waals surface area contributed by atoms with Crippen LogP contribution >= 0.6 is 0 Å². The minimum atomic E-state index is -4.34. The molecule has 0 aliphatic heterocycles. The highest BCUT2D eigenvalue weighted by atomic mass is 32.2. The molecule has 0 unspecified atom stereocenters. The Bertz CT molecular complexity index is 1450. The first kappa shape index (κ1) is 30.8. The van der Waals surface area contributed by atoms with Gasteiger partial charge in [-0.1, -0.05) is 66.6 Å². The maximum Gasteiger partial charge on any atom is 0.264 e. The van der Waals surface area contributed by atoms with Gasteiger partial charge in [-0.2, -0.15) is 0 Å². The van der Waals surface area contributed by atoms with Gasteiger partial charge in [0.15, 0.2) is 0 Å². The summed E-state index contributed by atoms with van der Waals surface area (Å²) >= 11 is 0. The van der Waals surface area contributed by atoms with Crippen LogP contribution in [-0.2, 0) is 26.2 Å². The molecule has 0 fully saturated rings. The highest BCUT2D eigenvalue weighted by Crippen LogP contribution is 2.27. The van der Waals surface area contributed by atoms with E-state index in [2.05, 4.69) is 5.32 Å². The van der Waals surface area contributed by atoms with E-state index in [-0.39, 0.29) is 23.0 Å². The summed E-state index contributed by atoms with van der Waals surface area (Å²) < 4.78 is 43.5. The van der Waals surface area contributed by atoms with E-state index in [0.29, 0.717) is 6.42 Å². The molecule has 3 aromatic carbocycles. The van der Waals surface area contributed by atoms with E-state index in [4.69, 9.17) is 0 Å². The number of sulfonamides is 1. The monoisotopic (exact) mass is 567 g/mol. The molecule has 0 saturated heterocycles. The molecule has 1 atom stereocenters. The van der Waals surface area contributed by atoms with Crippen LogP contribution in [0.3, 0.4) is 0 Å². The topological polar surface area (TPSA) is 86.8 Å². The summed E-state index contributed by atoms with van der Waals surface area (Å²) in [6, 6.07) is 18.2. The summed E-state index contributed by atoms with van der Waals surface area (Å²) in [5.41, 5.74) is 1.82. The zero-order valence-electron chi connectivity index (χ0n) is 23.9. The lowest BCUT2D eigenvalue weighted by Crippen LogP contribution is -2.55. The average molecular weight is 568 g/mol. The summed E-state index contributed by atoms with van der Waals surface area (Å²) in [7, 11) is -4.34. The molecule has 0 bridgehead atoms. The van der Waals surface area contributed by atoms with Gasteiger partial charge in [0.05, 0.1) is 10.6 Å². The molecule has 0 aliphatic rings. The third-order valence-corrected chi connectivity index (χ3v) is 8.10. The van der Waals surface area contributed by atoms with Gasteiger partial charge in [-0.15, -0.1) is 0 Å². The van der Waals surface area contributed by atoms with Gasteiger partial charge in [-0.25, -0.2) is 12.8 Å². The third-order valence-electron chi connectivity index (χ3n) is 6.33. The predicted octanol–water partition coefficient (Wildman–Crippen LogP) is 5.36. The van der Waals surface area contributed by atoms with Crippen LogP contribution < -0.4 is 9.62 Å². The first-order chi connectivity index (χ1) is 18.7. The maximum atomic E-state index is 15.0. The summed E-state index contributed by atoms with van der Waals surface area (Å²) in [5.74, 6) is -1.76. The van der Waals surface area contributed by atoms with Crippen molar-refractivity contribution in [2.75, 3.05) is 10.8 Å². The van der Waals surface area contributed by atoms with Crippen LogP contribution in [0.25, 0.3) is 0 Å². The fraction of sp³-hybridized carbons (Fsp3) is 0.355. The van der Waals surface area contributed by atoms with E-state index in [1.54, 1.807) is 19.1 Å². The molecule has 3 rings (SSSR count). The molecule has 3 aromatic rings. The third kappa shape index (κ3) is 7.69. The largest absolute Gasteiger partial charge is 0.350 e. The van der Waals surface area contributed by atoms with Crippen molar-refractivity contribution in [1.29, 1.82) is 0 Å². The van der Waals surface area contributed by atoms with Crippen LogP contribution in [0.15, 0.2) is 77.7 Å². The lowest BCUT2D eigenvalue weighted by atomic mass is 10.0. The average Bonchev–Trinajstić information content (AvgIpc) is 2.86. The van der Waals surface area contributed by atoms with E-state index < -0.39 is 39.9 Å². The second kappa shape index (κ2) is 12.6. The van der Waals surface area contributed by atoms with Crippen molar-refractivity contribution in [2.24, 2.45) is 0 Å². The molecule has 0 radical (unpaired) electrons. The van der Waals surface area contributed by atoms with Gasteiger partial charge in [-0.05, 0) is 70.9 Å². The molecule has 1 N–H and O–H groups in total. The fourth-order valence-electron chi connectivity index (χ4n) is 4.38. The molecule has 0 saturated carbocycles. The predicted molar refractivity (Wildman–Crippen MR) is 156 cm³/mol. The summed E-state index contributed by atoms with van der Waals surface area (Å²) in [6.07, 6.45) is 0.296.